The van der Waals surface area contributed by atoms with Gasteiger partial charge in [-0.1, -0.05) is 24.3 Å². The SMILES string of the molecule is Cc1nc(S(=O)(=O)N(C)CC2Cc3ccccc3CO2)cn1C. The van der Waals surface area contributed by atoms with Gasteiger partial charge in [0.15, 0.2) is 5.03 Å². The summed E-state index contributed by atoms with van der Waals surface area (Å²) in [5.41, 5.74) is 2.40. The van der Waals surface area contributed by atoms with Crippen molar-refractivity contribution in [2.24, 2.45) is 7.05 Å². The first-order valence-corrected chi connectivity index (χ1v) is 8.96. The number of aromatic nitrogens is 2. The number of fused-ring (bicyclic) bond motifs is 1. The van der Waals surface area contributed by atoms with Gasteiger partial charge >= 0.3 is 0 Å². The quantitative estimate of drug-likeness (QED) is 0.849. The van der Waals surface area contributed by atoms with Crippen molar-refractivity contribution < 1.29 is 13.2 Å². The molecule has 23 heavy (non-hydrogen) atoms. The van der Waals surface area contributed by atoms with Gasteiger partial charge in [-0.15, -0.1) is 0 Å². The molecule has 2 heterocycles. The van der Waals surface area contributed by atoms with Gasteiger partial charge in [0.1, 0.15) is 5.82 Å². The van der Waals surface area contributed by atoms with Crippen LogP contribution in [0.4, 0.5) is 0 Å². The van der Waals surface area contributed by atoms with Gasteiger partial charge in [0.25, 0.3) is 10.0 Å². The second kappa shape index (κ2) is 6.07. The molecule has 0 spiro atoms. The van der Waals surface area contributed by atoms with Crippen LogP contribution in [0.5, 0.6) is 0 Å². The number of ether oxygens (including phenoxy) is 1. The third-order valence-corrected chi connectivity index (χ3v) is 5.96. The van der Waals surface area contributed by atoms with E-state index < -0.39 is 10.0 Å². The summed E-state index contributed by atoms with van der Waals surface area (Å²) in [6.45, 7) is 2.61. The molecule has 1 aliphatic rings. The van der Waals surface area contributed by atoms with E-state index in [1.165, 1.54) is 21.6 Å². The second-order valence-electron chi connectivity index (χ2n) is 5.93. The Labute approximate surface area is 136 Å². The Morgan fingerprint density at radius 1 is 1.35 bits per heavy atom. The molecule has 3 rings (SSSR count). The lowest BCUT2D eigenvalue weighted by atomic mass is 9.99. The fourth-order valence-corrected chi connectivity index (χ4v) is 3.94. The van der Waals surface area contributed by atoms with Gasteiger partial charge in [0.05, 0.1) is 12.7 Å². The van der Waals surface area contributed by atoms with Crippen LogP contribution < -0.4 is 0 Å². The molecule has 1 atom stereocenters. The topological polar surface area (TPSA) is 64.4 Å². The molecule has 1 unspecified atom stereocenters. The molecule has 0 saturated heterocycles. The number of hydrogen-bond donors (Lipinski definition) is 0. The first-order valence-electron chi connectivity index (χ1n) is 7.52. The van der Waals surface area contributed by atoms with E-state index in [0.717, 1.165) is 6.42 Å². The van der Waals surface area contributed by atoms with Gasteiger partial charge in [-0.3, -0.25) is 0 Å². The number of nitrogens with zero attached hydrogens (tertiary/aromatic N) is 3. The largest absolute Gasteiger partial charge is 0.372 e. The standard InChI is InChI=1S/C16H21N3O3S/c1-12-17-16(10-18(12)2)23(20,21)19(3)9-15-8-13-6-4-5-7-14(13)11-22-15/h4-7,10,15H,8-9,11H2,1-3H3. The van der Waals surface area contributed by atoms with E-state index in [1.807, 2.05) is 18.2 Å². The van der Waals surface area contributed by atoms with E-state index in [1.54, 1.807) is 25.6 Å². The molecular formula is C16H21N3O3S. The first-order chi connectivity index (χ1) is 10.9. The van der Waals surface area contributed by atoms with Crippen LogP contribution in [0, 0.1) is 6.92 Å². The van der Waals surface area contributed by atoms with Crippen molar-refractivity contribution in [1.29, 1.82) is 0 Å². The number of hydrogen-bond acceptors (Lipinski definition) is 4. The summed E-state index contributed by atoms with van der Waals surface area (Å²) in [4.78, 5) is 4.12. The third kappa shape index (κ3) is 3.17. The highest BCUT2D eigenvalue weighted by molar-refractivity contribution is 7.89. The number of sulfonamides is 1. The van der Waals surface area contributed by atoms with Crippen molar-refractivity contribution in [1.82, 2.24) is 13.9 Å². The predicted octanol–water partition coefficient (Wildman–Crippen LogP) is 1.49. The van der Waals surface area contributed by atoms with Crippen LogP contribution in [-0.2, 0) is 34.8 Å². The average Bonchev–Trinajstić information content (AvgIpc) is 2.87. The molecule has 2 aromatic rings. The summed E-state index contributed by atoms with van der Waals surface area (Å²) in [6, 6.07) is 8.10. The van der Waals surface area contributed by atoms with Crippen molar-refractivity contribution in [2.75, 3.05) is 13.6 Å². The van der Waals surface area contributed by atoms with Crippen LogP contribution in [0.2, 0.25) is 0 Å². The fraction of sp³-hybridized carbons (Fsp3) is 0.438. The second-order valence-corrected chi connectivity index (χ2v) is 7.92. The predicted molar refractivity (Wildman–Crippen MR) is 86.5 cm³/mol. The summed E-state index contributed by atoms with van der Waals surface area (Å²) >= 11 is 0. The van der Waals surface area contributed by atoms with Crippen molar-refractivity contribution in [3.05, 3.63) is 47.4 Å². The summed E-state index contributed by atoms with van der Waals surface area (Å²) in [5, 5.41) is 0.0798. The molecule has 0 saturated carbocycles. The van der Waals surface area contributed by atoms with E-state index in [2.05, 4.69) is 11.1 Å². The van der Waals surface area contributed by atoms with Crippen LogP contribution in [-0.4, -0.2) is 42.0 Å². The molecular weight excluding hydrogens is 314 g/mol. The minimum absolute atomic E-state index is 0.0798. The molecule has 6 nitrogen and oxygen atoms in total. The molecule has 0 radical (unpaired) electrons. The minimum atomic E-state index is -3.60. The van der Waals surface area contributed by atoms with Crippen LogP contribution in [0.25, 0.3) is 0 Å². The molecule has 1 aromatic carbocycles. The van der Waals surface area contributed by atoms with Crippen molar-refractivity contribution >= 4 is 10.0 Å². The van der Waals surface area contributed by atoms with E-state index >= 15 is 0 Å². The zero-order valence-electron chi connectivity index (χ0n) is 13.6. The Morgan fingerprint density at radius 3 is 2.70 bits per heavy atom. The van der Waals surface area contributed by atoms with E-state index in [0.29, 0.717) is 19.0 Å². The minimum Gasteiger partial charge on any atom is -0.372 e. The van der Waals surface area contributed by atoms with Crippen molar-refractivity contribution in [2.45, 2.75) is 31.1 Å². The first kappa shape index (κ1) is 16.2. The molecule has 1 aromatic heterocycles. The van der Waals surface area contributed by atoms with Gasteiger partial charge in [-0.2, -0.15) is 4.31 Å². The zero-order chi connectivity index (χ0) is 16.6. The maximum atomic E-state index is 12.6. The highest BCUT2D eigenvalue weighted by Crippen LogP contribution is 2.22. The fourth-order valence-electron chi connectivity index (χ4n) is 2.72. The summed E-state index contributed by atoms with van der Waals surface area (Å²) < 4.78 is 34.1. The molecule has 124 valence electrons. The van der Waals surface area contributed by atoms with E-state index in [4.69, 9.17) is 4.74 Å². The Kier molecular flexibility index (Phi) is 4.27. The normalized spacial score (nSPS) is 18.2. The number of likely N-dealkylation sites (N-methyl/N-ethyl adjacent to an activating group) is 1. The van der Waals surface area contributed by atoms with Gasteiger partial charge < -0.3 is 9.30 Å². The summed E-state index contributed by atoms with van der Waals surface area (Å²) in [7, 11) is -0.243. The van der Waals surface area contributed by atoms with Crippen LogP contribution >= 0.6 is 0 Å². The lowest BCUT2D eigenvalue weighted by Gasteiger charge is -2.28. The lowest BCUT2D eigenvalue weighted by Crippen LogP contribution is -2.38. The highest BCUT2D eigenvalue weighted by atomic mass is 32.2. The van der Waals surface area contributed by atoms with E-state index in [-0.39, 0.29) is 11.1 Å². The molecule has 0 bridgehead atoms. The summed E-state index contributed by atoms with van der Waals surface area (Å²) in [5.74, 6) is 0.666. The van der Waals surface area contributed by atoms with Gasteiger partial charge in [-0.25, -0.2) is 13.4 Å². The molecule has 0 N–H and O–H groups in total. The third-order valence-electron chi connectivity index (χ3n) is 4.26. The number of rotatable bonds is 4. The van der Waals surface area contributed by atoms with Gasteiger partial charge in [0.2, 0.25) is 0 Å². The van der Waals surface area contributed by atoms with Crippen LogP contribution in [0.1, 0.15) is 17.0 Å². The number of aryl methyl sites for hydroxylation is 2. The molecule has 0 fully saturated rings. The lowest BCUT2D eigenvalue weighted by molar-refractivity contribution is 0.0202. The monoisotopic (exact) mass is 335 g/mol. The number of benzene rings is 1. The van der Waals surface area contributed by atoms with E-state index in [9.17, 15) is 8.42 Å². The maximum Gasteiger partial charge on any atom is 0.261 e. The summed E-state index contributed by atoms with van der Waals surface area (Å²) in [6.07, 6.45) is 2.12. The molecule has 0 amide bonds. The smallest absolute Gasteiger partial charge is 0.261 e. The molecule has 1 aliphatic heterocycles. The molecule has 0 aliphatic carbocycles. The van der Waals surface area contributed by atoms with Crippen molar-refractivity contribution in [3.63, 3.8) is 0 Å². The van der Waals surface area contributed by atoms with Crippen LogP contribution in [0.3, 0.4) is 0 Å². The Bertz CT molecular complexity index is 794. The average molecular weight is 335 g/mol. The molecule has 7 heteroatoms. The van der Waals surface area contributed by atoms with Gasteiger partial charge in [0, 0.05) is 33.3 Å². The Balaban J connectivity index is 1.73. The van der Waals surface area contributed by atoms with Crippen LogP contribution in [0.15, 0.2) is 35.5 Å². The Morgan fingerprint density at radius 2 is 2.04 bits per heavy atom. The van der Waals surface area contributed by atoms with Crippen molar-refractivity contribution in [3.8, 4) is 0 Å². The number of imidazole rings is 1. The zero-order valence-corrected chi connectivity index (χ0v) is 14.4. The van der Waals surface area contributed by atoms with Gasteiger partial charge in [-0.05, 0) is 18.1 Å². The highest BCUT2D eigenvalue weighted by Gasteiger charge is 2.28. The Hall–Kier alpha value is -1.70. The maximum absolute atomic E-state index is 12.6.